The van der Waals surface area contributed by atoms with Crippen LogP contribution in [-0.2, 0) is 59.1 Å². The van der Waals surface area contributed by atoms with Gasteiger partial charge in [-0.05, 0) is 114 Å². The average Bonchev–Trinajstić information content (AvgIpc) is 4.13. The van der Waals surface area contributed by atoms with Gasteiger partial charge in [-0.1, -0.05) is 71.9 Å². The summed E-state index contributed by atoms with van der Waals surface area (Å²) in [6, 6.07) is 0.491. The SMILES string of the molecule is CCN1CC(=O)N[C@@H](CC(C)C)C(=O)N(C)[C@@H](C)C(=O)N[C@@H](CCC(C)C)C(=O)N2CCC[C@@H]2C(=O)N(CC2CCOCC2)CC(=O)NC(CC(C)C)C(=O)N(C)[C@@H](C)C(=O)NC(Cc2ccccc2)C(=O)N2CCC[C@@H]2C1=O. The van der Waals surface area contributed by atoms with Crippen molar-refractivity contribution < 1.29 is 52.7 Å². The fourth-order valence-corrected chi connectivity index (χ4v) is 11.0. The van der Waals surface area contributed by atoms with Crippen molar-refractivity contribution in [2.24, 2.45) is 23.7 Å². The molecule has 79 heavy (non-hydrogen) atoms. The number of carbonyl (C=O) groups excluding carboxylic acids is 10. The van der Waals surface area contributed by atoms with E-state index in [1.54, 1.807) is 6.92 Å². The van der Waals surface area contributed by atoms with Crippen LogP contribution in [0, 0.1) is 23.7 Å². The van der Waals surface area contributed by atoms with Crippen LogP contribution in [-0.4, -0.2) is 203 Å². The van der Waals surface area contributed by atoms with Gasteiger partial charge in [-0.25, -0.2) is 0 Å². The lowest BCUT2D eigenvalue weighted by Gasteiger charge is -2.36. The topological polar surface area (TPSA) is 247 Å². The largest absolute Gasteiger partial charge is 0.381 e. The first kappa shape index (κ1) is 63.7. The molecule has 0 aromatic heterocycles. The molecule has 21 nitrogen and oxygen atoms in total. The molecule has 4 heterocycles. The predicted molar refractivity (Wildman–Crippen MR) is 297 cm³/mol. The molecule has 10 amide bonds. The molecule has 2 unspecified atom stereocenters. The number of benzene rings is 1. The third-order valence-corrected chi connectivity index (χ3v) is 16.0. The molecule has 4 N–H and O–H groups in total. The van der Waals surface area contributed by atoms with E-state index < -0.39 is 120 Å². The van der Waals surface area contributed by atoms with Crippen molar-refractivity contribution >= 4 is 59.1 Å². The van der Waals surface area contributed by atoms with E-state index in [2.05, 4.69) is 21.3 Å². The maximum Gasteiger partial charge on any atom is 0.246 e. The smallest absolute Gasteiger partial charge is 0.246 e. The van der Waals surface area contributed by atoms with Gasteiger partial charge in [0, 0.05) is 59.9 Å². The minimum atomic E-state index is -1.17. The molecule has 4 aliphatic heterocycles. The maximum absolute atomic E-state index is 15.0. The summed E-state index contributed by atoms with van der Waals surface area (Å²) in [4.78, 5) is 153. The van der Waals surface area contributed by atoms with E-state index in [1.807, 2.05) is 71.9 Å². The van der Waals surface area contributed by atoms with Gasteiger partial charge >= 0.3 is 0 Å². The fourth-order valence-electron chi connectivity index (χ4n) is 11.0. The van der Waals surface area contributed by atoms with Gasteiger partial charge in [-0.3, -0.25) is 47.9 Å². The normalized spacial score (nSPS) is 27.2. The summed E-state index contributed by atoms with van der Waals surface area (Å²) >= 11 is 0. The van der Waals surface area contributed by atoms with Crippen LogP contribution in [0.4, 0.5) is 0 Å². The molecule has 4 saturated heterocycles. The molecule has 0 bridgehead atoms. The van der Waals surface area contributed by atoms with Crippen LogP contribution in [0.5, 0.6) is 0 Å². The number of fused-ring (bicyclic) bond motifs is 2. The van der Waals surface area contributed by atoms with E-state index in [1.165, 1.54) is 57.3 Å². The van der Waals surface area contributed by atoms with Crippen LogP contribution < -0.4 is 21.3 Å². The maximum atomic E-state index is 15.0. The molecule has 5 rings (SSSR count). The van der Waals surface area contributed by atoms with Crippen LogP contribution in [0.3, 0.4) is 0 Å². The highest BCUT2D eigenvalue weighted by Crippen LogP contribution is 2.26. The molecule has 0 saturated carbocycles. The summed E-state index contributed by atoms with van der Waals surface area (Å²) in [6.45, 7) is 17.2. The van der Waals surface area contributed by atoms with Crippen molar-refractivity contribution in [1.82, 2.24) is 50.7 Å². The first-order chi connectivity index (χ1) is 37.4. The Labute approximate surface area is 468 Å². The van der Waals surface area contributed by atoms with Gasteiger partial charge in [0.15, 0.2) is 0 Å². The number of amides is 10. The summed E-state index contributed by atoms with van der Waals surface area (Å²) in [5.74, 6) is -5.50. The summed E-state index contributed by atoms with van der Waals surface area (Å²) in [5.41, 5.74) is 0.734. The molecule has 4 aliphatic rings. The number of rotatable bonds is 12. The van der Waals surface area contributed by atoms with E-state index in [-0.39, 0.29) is 75.5 Å². The molecule has 1 aromatic rings. The molecule has 8 atom stereocenters. The van der Waals surface area contributed by atoms with Crippen LogP contribution in [0.1, 0.15) is 132 Å². The summed E-state index contributed by atoms with van der Waals surface area (Å²) in [7, 11) is 2.91. The first-order valence-corrected chi connectivity index (χ1v) is 28.9. The second-order valence-corrected chi connectivity index (χ2v) is 23.5. The van der Waals surface area contributed by atoms with Gasteiger partial charge in [0.25, 0.3) is 0 Å². The molecular formula is C58H92N10O11. The lowest BCUT2D eigenvalue weighted by atomic mass is 9.98. The van der Waals surface area contributed by atoms with E-state index in [4.69, 9.17) is 4.74 Å². The van der Waals surface area contributed by atoms with Gasteiger partial charge in [0.05, 0.1) is 13.1 Å². The third-order valence-electron chi connectivity index (χ3n) is 16.0. The van der Waals surface area contributed by atoms with Gasteiger partial charge < -0.3 is 55.4 Å². The average molecular weight is 1110 g/mol. The highest BCUT2D eigenvalue weighted by Gasteiger charge is 2.44. The summed E-state index contributed by atoms with van der Waals surface area (Å²) < 4.78 is 5.62. The minimum Gasteiger partial charge on any atom is -0.381 e. The highest BCUT2D eigenvalue weighted by molar-refractivity contribution is 5.99. The van der Waals surface area contributed by atoms with Crippen LogP contribution in [0.2, 0.25) is 0 Å². The Bertz CT molecular complexity index is 2290. The molecule has 440 valence electrons. The molecule has 1 aromatic carbocycles. The van der Waals surface area contributed by atoms with Crippen molar-refractivity contribution in [1.29, 1.82) is 0 Å². The number of ether oxygens (including phenoxy) is 1. The number of likely N-dealkylation sites (N-methyl/N-ethyl adjacent to an activating group) is 3. The lowest BCUT2D eigenvalue weighted by molar-refractivity contribution is -0.149. The van der Waals surface area contributed by atoms with Crippen LogP contribution in [0.15, 0.2) is 30.3 Å². The van der Waals surface area contributed by atoms with E-state index in [9.17, 15) is 47.9 Å². The van der Waals surface area contributed by atoms with Gasteiger partial charge in [0.1, 0.15) is 48.3 Å². The Morgan fingerprint density at radius 3 is 1.47 bits per heavy atom. The zero-order chi connectivity index (χ0) is 58.2. The molecular weight excluding hydrogens is 1010 g/mol. The summed E-state index contributed by atoms with van der Waals surface area (Å²) in [5, 5.41) is 11.5. The zero-order valence-corrected chi connectivity index (χ0v) is 48.9. The Hall–Kier alpha value is -6.12. The minimum absolute atomic E-state index is 0.00863. The van der Waals surface area contributed by atoms with Crippen molar-refractivity contribution in [3.63, 3.8) is 0 Å². The van der Waals surface area contributed by atoms with Crippen molar-refractivity contribution in [2.75, 3.05) is 66.6 Å². The van der Waals surface area contributed by atoms with Gasteiger partial charge in [-0.15, -0.1) is 0 Å². The number of hydrogen-bond donors (Lipinski definition) is 4. The standard InChI is InChI=1S/C58H92N10O11/c1-12-65-34-49(69)59-44(30-37(4)5)53(73)63(10)39(8)51(71)61-43(23-22-36(2)3)55(75)67-26-17-21-48(67)58(78)66(33-42-24-28-79-29-25-42)35-50(70)60-45(31-38(6)7)54(74)64(11)40(9)52(72)62-46(32-41-18-14-13-15-19-41)56(76)68-27-16-20-47(68)57(65)77/h13-15,18-19,36-40,42-48H,12,16-17,20-35H2,1-11H3,(H,59,69)(H,60,70)(H,61,71)(H,62,72)/t39-,40-,43-,44-,45?,46?,47+,48+/m0/s1. The van der Waals surface area contributed by atoms with Crippen LogP contribution in [0.25, 0.3) is 0 Å². The second-order valence-electron chi connectivity index (χ2n) is 23.5. The number of hydrogen-bond acceptors (Lipinski definition) is 11. The molecule has 0 radical (unpaired) electrons. The highest BCUT2D eigenvalue weighted by atomic mass is 16.5. The quantitative estimate of drug-likeness (QED) is 0.237. The lowest BCUT2D eigenvalue weighted by Crippen LogP contribution is -2.60. The molecule has 0 aliphatic carbocycles. The Balaban J connectivity index is 1.55. The zero-order valence-electron chi connectivity index (χ0n) is 48.9. The monoisotopic (exact) mass is 1100 g/mol. The number of carbonyl (C=O) groups is 10. The van der Waals surface area contributed by atoms with Gasteiger partial charge in [-0.2, -0.15) is 0 Å². The molecule has 21 heteroatoms. The van der Waals surface area contributed by atoms with Crippen molar-refractivity contribution in [2.45, 2.75) is 181 Å². The Morgan fingerprint density at radius 2 is 1.00 bits per heavy atom. The molecule has 4 fully saturated rings. The van der Waals surface area contributed by atoms with E-state index in [0.717, 1.165) is 5.56 Å². The number of nitrogens with one attached hydrogen (secondary N) is 4. The van der Waals surface area contributed by atoms with Crippen molar-refractivity contribution in [3.8, 4) is 0 Å². The summed E-state index contributed by atoms with van der Waals surface area (Å²) in [6.07, 6.45) is 4.15. The molecule has 0 spiro atoms. The Kier molecular flexibility index (Phi) is 24.1. The van der Waals surface area contributed by atoms with E-state index in [0.29, 0.717) is 58.2 Å². The third kappa shape index (κ3) is 17.7. The first-order valence-electron chi connectivity index (χ1n) is 28.9. The van der Waals surface area contributed by atoms with Gasteiger partial charge in [0.2, 0.25) is 59.1 Å². The van der Waals surface area contributed by atoms with Crippen molar-refractivity contribution in [3.05, 3.63) is 35.9 Å². The Morgan fingerprint density at radius 1 is 0.544 bits per heavy atom. The van der Waals surface area contributed by atoms with E-state index >= 15 is 0 Å². The van der Waals surface area contributed by atoms with Crippen LogP contribution >= 0.6 is 0 Å². The predicted octanol–water partition coefficient (Wildman–Crippen LogP) is 2.49. The second kappa shape index (κ2) is 29.9. The fraction of sp³-hybridized carbons (Fsp3) is 0.724. The number of nitrogens with zero attached hydrogens (tertiary/aromatic N) is 6.